The van der Waals surface area contributed by atoms with Gasteiger partial charge in [0.25, 0.3) is 0 Å². The van der Waals surface area contributed by atoms with Crippen molar-refractivity contribution in [1.82, 2.24) is 0 Å². The van der Waals surface area contributed by atoms with Crippen LogP contribution in [0.3, 0.4) is 0 Å². The molecule has 0 saturated carbocycles. The van der Waals surface area contributed by atoms with Gasteiger partial charge in [0.1, 0.15) is 0 Å². The van der Waals surface area contributed by atoms with Gasteiger partial charge in [-0.1, -0.05) is 6.08 Å². The Balaban J connectivity index is 2.49. The number of carbonyl (C=O) groups is 2. The zero-order chi connectivity index (χ0) is 9.84. The van der Waals surface area contributed by atoms with E-state index in [9.17, 15) is 9.59 Å². The van der Waals surface area contributed by atoms with Gasteiger partial charge in [-0.25, -0.2) is 9.59 Å². The number of esters is 2. The summed E-state index contributed by atoms with van der Waals surface area (Å²) in [7, 11) is 0. The number of hydrogen-bond donors (Lipinski definition) is 0. The molecular weight excluding hydrogens is 172 g/mol. The Hall–Kier alpha value is -1.32. The van der Waals surface area contributed by atoms with Gasteiger partial charge in [0.15, 0.2) is 0 Å². The van der Waals surface area contributed by atoms with Gasteiger partial charge in [-0.15, -0.1) is 0 Å². The Bertz CT molecular complexity index is 254. The van der Waals surface area contributed by atoms with Gasteiger partial charge in [-0.3, -0.25) is 0 Å². The summed E-state index contributed by atoms with van der Waals surface area (Å²) in [4.78, 5) is 22.1. The van der Waals surface area contributed by atoms with E-state index in [0.717, 1.165) is 0 Å². The van der Waals surface area contributed by atoms with E-state index in [0.29, 0.717) is 18.6 Å². The lowest BCUT2D eigenvalue weighted by atomic mass is 10.3. The smallest absolute Gasteiger partial charge is 0.347 e. The van der Waals surface area contributed by atoms with Crippen molar-refractivity contribution in [3.05, 3.63) is 11.6 Å². The molecule has 4 heteroatoms. The molecule has 1 atom stereocenters. The molecule has 0 bridgehead atoms. The molecule has 1 rings (SSSR count). The van der Waals surface area contributed by atoms with Crippen LogP contribution in [0.1, 0.15) is 20.3 Å². The normalized spacial score (nSPS) is 22.8. The zero-order valence-electron chi connectivity index (χ0n) is 7.70. The molecule has 1 aliphatic rings. The molecule has 0 radical (unpaired) electrons. The minimum absolute atomic E-state index is 0.339. The lowest BCUT2D eigenvalue weighted by Crippen LogP contribution is -2.22. The fourth-order valence-corrected chi connectivity index (χ4v) is 0.924. The third-order valence-corrected chi connectivity index (χ3v) is 1.89. The lowest BCUT2D eigenvalue weighted by Gasteiger charge is -2.07. The first-order valence-corrected chi connectivity index (χ1v) is 4.15. The van der Waals surface area contributed by atoms with E-state index in [1.807, 2.05) is 0 Å². The first-order valence-electron chi connectivity index (χ1n) is 4.15. The van der Waals surface area contributed by atoms with Crippen LogP contribution in [0.15, 0.2) is 11.6 Å². The van der Waals surface area contributed by atoms with Crippen LogP contribution in [0, 0.1) is 0 Å². The molecule has 0 aromatic heterocycles. The minimum atomic E-state index is -0.706. The summed E-state index contributed by atoms with van der Waals surface area (Å²) >= 11 is 0. The molecule has 1 heterocycles. The second kappa shape index (κ2) is 4.07. The van der Waals surface area contributed by atoms with Crippen LogP contribution >= 0.6 is 0 Å². The molecule has 1 unspecified atom stereocenters. The predicted octanol–water partition coefficient (Wildman–Crippen LogP) is 0.811. The molecule has 13 heavy (non-hydrogen) atoms. The summed E-state index contributed by atoms with van der Waals surface area (Å²) in [6.45, 7) is 3.72. The van der Waals surface area contributed by atoms with Gasteiger partial charge >= 0.3 is 11.9 Å². The molecule has 0 amide bonds. The molecule has 1 saturated heterocycles. The van der Waals surface area contributed by atoms with Crippen LogP contribution in [-0.4, -0.2) is 24.6 Å². The molecule has 0 N–H and O–H groups in total. The second-order valence-electron chi connectivity index (χ2n) is 2.82. The Kier molecular flexibility index (Phi) is 3.06. The molecular formula is C9H12O4. The molecule has 0 aromatic rings. The van der Waals surface area contributed by atoms with Crippen LogP contribution in [0.2, 0.25) is 0 Å². The highest BCUT2D eigenvalue weighted by molar-refractivity contribution is 5.90. The van der Waals surface area contributed by atoms with Gasteiger partial charge in [0, 0.05) is 12.0 Å². The standard InChI is InChI=1S/C9H12O4/c1-3-6(2)8(10)13-7-4-5-12-9(7)11/h3,7H,4-5H2,1-2H3/b6-3-. The molecule has 0 aromatic carbocycles. The average Bonchev–Trinajstić information content (AvgIpc) is 2.50. The van der Waals surface area contributed by atoms with E-state index in [2.05, 4.69) is 4.74 Å². The van der Waals surface area contributed by atoms with Crippen molar-refractivity contribution in [2.75, 3.05) is 6.61 Å². The Morgan fingerprint density at radius 1 is 1.69 bits per heavy atom. The highest BCUT2D eigenvalue weighted by Crippen LogP contribution is 2.12. The van der Waals surface area contributed by atoms with Crippen molar-refractivity contribution in [2.45, 2.75) is 26.4 Å². The Morgan fingerprint density at radius 2 is 2.38 bits per heavy atom. The largest absolute Gasteiger partial charge is 0.463 e. The SMILES string of the molecule is C/C=C(/C)C(=O)OC1CCOC1=O. The van der Waals surface area contributed by atoms with E-state index in [1.54, 1.807) is 19.9 Å². The third kappa shape index (κ3) is 2.31. The maximum Gasteiger partial charge on any atom is 0.347 e. The summed E-state index contributed by atoms with van der Waals surface area (Å²) < 4.78 is 9.54. The number of rotatable bonds is 2. The first-order chi connectivity index (χ1) is 6.15. The van der Waals surface area contributed by atoms with Crippen LogP contribution in [0.25, 0.3) is 0 Å². The van der Waals surface area contributed by atoms with Crippen LogP contribution in [0.4, 0.5) is 0 Å². The predicted molar refractivity (Wildman–Crippen MR) is 44.9 cm³/mol. The highest BCUT2D eigenvalue weighted by Gasteiger charge is 2.30. The quantitative estimate of drug-likeness (QED) is 0.470. The van der Waals surface area contributed by atoms with Crippen molar-refractivity contribution >= 4 is 11.9 Å². The van der Waals surface area contributed by atoms with Gasteiger partial charge in [-0.05, 0) is 13.8 Å². The number of allylic oxidation sites excluding steroid dienone is 1. The van der Waals surface area contributed by atoms with E-state index in [-0.39, 0.29) is 0 Å². The first kappa shape index (κ1) is 9.77. The summed E-state index contributed by atoms with van der Waals surface area (Å²) in [6.07, 6.45) is 1.40. The van der Waals surface area contributed by atoms with Gasteiger partial charge < -0.3 is 9.47 Å². The Morgan fingerprint density at radius 3 is 2.85 bits per heavy atom. The van der Waals surface area contributed by atoms with Crippen molar-refractivity contribution in [2.24, 2.45) is 0 Å². The number of ether oxygens (including phenoxy) is 2. The third-order valence-electron chi connectivity index (χ3n) is 1.89. The van der Waals surface area contributed by atoms with Gasteiger partial charge in [-0.2, -0.15) is 0 Å². The zero-order valence-corrected chi connectivity index (χ0v) is 7.70. The monoisotopic (exact) mass is 184 g/mol. The van der Waals surface area contributed by atoms with Crippen LogP contribution in [0.5, 0.6) is 0 Å². The van der Waals surface area contributed by atoms with Gasteiger partial charge in [0.2, 0.25) is 6.10 Å². The van der Waals surface area contributed by atoms with Crippen LogP contribution in [-0.2, 0) is 19.1 Å². The van der Waals surface area contributed by atoms with Crippen molar-refractivity contribution in [3.8, 4) is 0 Å². The second-order valence-corrected chi connectivity index (χ2v) is 2.82. The fourth-order valence-electron chi connectivity index (χ4n) is 0.924. The summed E-state index contributed by atoms with van der Waals surface area (Å²) in [5.74, 6) is -0.899. The minimum Gasteiger partial charge on any atom is -0.463 e. The fraction of sp³-hybridized carbons (Fsp3) is 0.556. The molecule has 0 aliphatic carbocycles. The number of carbonyl (C=O) groups excluding carboxylic acids is 2. The summed E-state index contributed by atoms with van der Waals surface area (Å²) in [5.41, 5.74) is 0.500. The van der Waals surface area contributed by atoms with E-state index < -0.39 is 18.0 Å². The maximum absolute atomic E-state index is 11.2. The summed E-state index contributed by atoms with van der Waals surface area (Å²) in [6, 6.07) is 0. The molecule has 0 spiro atoms. The van der Waals surface area contributed by atoms with Crippen LogP contribution < -0.4 is 0 Å². The van der Waals surface area contributed by atoms with Gasteiger partial charge in [0.05, 0.1) is 6.61 Å². The molecule has 72 valence electrons. The maximum atomic E-state index is 11.2. The lowest BCUT2D eigenvalue weighted by molar-refractivity contribution is -0.157. The van der Waals surface area contributed by atoms with E-state index in [1.165, 1.54) is 0 Å². The van der Waals surface area contributed by atoms with E-state index >= 15 is 0 Å². The average molecular weight is 184 g/mol. The molecule has 4 nitrogen and oxygen atoms in total. The summed E-state index contributed by atoms with van der Waals surface area (Å²) in [5, 5.41) is 0. The topological polar surface area (TPSA) is 52.6 Å². The molecule has 1 aliphatic heterocycles. The van der Waals surface area contributed by atoms with Crippen molar-refractivity contribution in [3.63, 3.8) is 0 Å². The Labute approximate surface area is 76.5 Å². The van der Waals surface area contributed by atoms with E-state index in [4.69, 9.17) is 4.74 Å². The highest BCUT2D eigenvalue weighted by atomic mass is 16.6. The molecule has 1 fully saturated rings. The number of cyclic esters (lactones) is 1. The van der Waals surface area contributed by atoms with Crippen molar-refractivity contribution in [1.29, 1.82) is 0 Å². The van der Waals surface area contributed by atoms with Crippen molar-refractivity contribution < 1.29 is 19.1 Å². The number of hydrogen-bond acceptors (Lipinski definition) is 4.